The van der Waals surface area contributed by atoms with Gasteiger partial charge in [-0.05, 0) is 44.9 Å². The fourth-order valence-corrected chi connectivity index (χ4v) is 5.27. The van der Waals surface area contributed by atoms with Gasteiger partial charge in [0.2, 0.25) is 0 Å². The van der Waals surface area contributed by atoms with Crippen LogP contribution in [0, 0.1) is 0 Å². The van der Waals surface area contributed by atoms with Crippen molar-refractivity contribution in [2.24, 2.45) is 0 Å². The maximum Gasteiger partial charge on any atom is 0.305 e. The topological polar surface area (TPSA) is 63.6 Å². The van der Waals surface area contributed by atoms with Crippen LogP contribution in [0.5, 0.6) is 0 Å². The van der Waals surface area contributed by atoms with E-state index in [-0.39, 0.29) is 5.97 Å². The Labute approximate surface area is 249 Å². The zero-order chi connectivity index (χ0) is 29.2. The number of carbonyl (C=O) groups excluding carboxylic acids is 1. The van der Waals surface area contributed by atoms with Crippen molar-refractivity contribution in [1.29, 1.82) is 0 Å². The summed E-state index contributed by atoms with van der Waals surface area (Å²) in [5.41, 5.74) is 0. The number of rotatable bonds is 33. The second kappa shape index (κ2) is 33.9. The fraction of sp³-hybridized carbons (Fsp3) is 0.889. The van der Waals surface area contributed by atoms with Gasteiger partial charge in [-0.2, -0.15) is 0 Å². The van der Waals surface area contributed by atoms with Crippen LogP contribution in [0.3, 0.4) is 0 Å². The predicted octanol–water partition coefficient (Wildman–Crippen LogP) is 11.9. The highest BCUT2D eigenvalue weighted by Crippen LogP contribution is 2.14. The van der Waals surface area contributed by atoms with Crippen LogP contribution < -0.4 is 0 Å². The Kier molecular flexibility index (Phi) is 32.8. The second-order valence-corrected chi connectivity index (χ2v) is 12.0. The van der Waals surface area contributed by atoms with E-state index in [1.165, 1.54) is 148 Å². The van der Waals surface area contributed by atoms with E-state index in [1.807, 2.05) is 0 Å². The molecule has 0 saturated carbocycles. The Balaban J connectivity index is 3.19. The highest BCUT2D eigenvalue weighted by molar-refractivity contribution is 5.69. The number of carboxylic acid groups (broad SMARTS) is 1. The first-order valence-electron chi connectivity index (χ1n) is 17.7. The number of hydrogen-bond donors (Lipinski definition) is 1. The van der Waals surface area contributed by atoms with E-state index in [0.717, 1.165) is 32.1 Å². The van der Waals surface area contributed by atoms with Crippen LogP contribution in [0.2, 0.25) is 0 Å². The van der Waals surface area contributed by atoms with Crippen LogP contribution in [0.15, 0.2) is 12.2 Å². The zero-order valence-corrected chi connectivity index (χ0v) is 26.7. The van der Waals surface area contributed by atoms with E-state index in [9.17, 15) is 9.59 Å². The van der Waals surface area contributed by atoms with Crippen molar-refractivity contribution < 1.29 is 19.4 Å². The minimum atomic E-state index is -0.669. The molecule has 0 rings (SSSR count). The summed E-state index contributed by atoms with van der Waals surface area (Å²) in [5, 5.41) is 8.62. The molecule has 0 saturated heterocycles. The maximum absolute atomic E-state index is 11.9. The molecule has 0 heterocycles. The summed E-state index contributed by atoms with van der Waals surface area (Å²) in [6, 6.07) is 0. The molecule has 236 valence electrons. The SMILES string of the molecule is CCCCCCCC/C=C\CCCCCCCCOC(=O)CCCCCCCCCCCCCCCCC(=O)O. The molecule has 0 amide bonds. The lowest BCUT2D eigenvalue weighted by Crippen LogP contribution is -2.05. The third kappa shape index (κ3) is 34.7. The molecule has 0 aromatic rings. The van der Waals surface area contributed by atoms with Crippen LogP contribution in [0.4, 0.5) is 0 Å². The molecule has 1 N–H and O–H groups in total. The van der Waals surface area contributed by atoms with Gasteiger partial charge in [0.05, 0.1) is 6.61 Å². The highest BCUT2D eigenvalue weighted by Gasteiger charge is 2.03. The summed E-state index contributed by atoms with van der Waals surface area (Å²) in [6.45, 7) is 2.88. The maximum atomic E-state index is 11.9. The first kappa shape index (κ1) is 38.7. The number of carboxylic acids is 1. The van der Waals surface area contributed by atoms with Crippen LogP contribution in [0.25, 0.3) is 0 Å². The molecule has 4 nitrogen and oxygen atoms in total. The van der Waals surface area contributed by atoms with Gasteiger partial charge < -0.3 is 9.84 Å². The third-order valence-corrected chi connectivity index (χ3v) is 7.94. The average molecular weight is 565 g/mol. The molecule has 0 aromatic carbocycles. The average Bonchev–Trinajstić information content (AvgIpc) is 2.94. The molecule has 0 bridgehead atoms. The van der Waals surface area contributed by atoms with E-state index in [4.69, 9.17) is 9.84 Å². The quantitative estimate of drug-likeness (QED) is 0.0489. The predicted molar refractivity (Wildman–Crippen MR) is 172 cm³/mol. The van der Waals surface area contributed by atoms with Gasteiger partial charge in [-0.3, -0.25) is 9.59 Å². The van der Waals surface area contributed by atoms with E-state index in [2.05, 4.69) is 19.1 Å². The molecule has 0 aliphatic rings. The Morgan fingerprint density at radius 2 is 0.825 bits per heavy atom. The summed E-state index contributed by atoms with van der Waals surface area (Å²) in [4.78, 5) is 22.4. The Bertz CT molecular complexity index is 557. The van der Waals surface area contributed by atoms with Crippen LogP contribution in [-0.2, 0) is 14.3 Å². The van der Waals surface area contributed by atoms with Gasteiger partial charge in [0.1, 0.15) is 0 Å². The van der Waals surface area contributed by atoms with E-state index in [0.29, 0.717) is 19.4 Å². The van der Waals surface area contributed by atoms with Gasteiger partial charge in [0, 0.05) is 12.8 Å². The molecule has 40 heavy (non-hydrogen) atoms. The number of hydrogen-bond acceptors (Lipinski definition) is 3. The van der Waals surface area contributed by atoms with Crippen molar-refractivity contribution in [2.45, 2.75) is 200 Å². The number of carbonyl (C=O) groups is 2. The summed E-state index contributed by atoms with van der Waals surface area (Å²) in [7, 11) is 0. The molecule has 0 aliphatic carbocycles. The normalized spacial score (nSPS) is 11.4. The van der Waals surface area contributed by atoms with Crippen molar-refractivity contribution in [3.63, 3.8) is 0 Å². The standard InChI is InChI=1S/C36H68O4/c1-2-3-4-5-6-7-8-9-10-13-16-19-22-25-28-31-34-40-36(39)33-30-27-24-21-18-15-12-11-14-17-20-23-26-29-32-35(37)38/h9-10H,2-8,11-34H2,1H3,(H,37,38)/b10-9-. The van der Waals surface area contributed by atoms with Crippen molar-refractivity contribution in [2.75, 3.05) is 6.61 Å². The van der Waals surface area contributed by atoms with Crippen LogP contribution in [0.1, 0.15) is 200 Å². The second-order valence-electron chi connectivity index (χ2n) is 12.0. The van der Waals surface area contributed by atoms with Crippen molar-refractivity contribution in [1.82, 2.24) is 0 Å². The summed E-state index contributed by atoms with van der Waals surface area (Å²) >= 11 is 0. The van der Waals surface area contributed by atoms with Gasteiger partial charge in [0.15, 0.2) is 0 Å². The van der Waals surface area contributed by atoms with Crippen LogP contribution >= 0.6 is 0 Å². The van der Waals surface area contributed by atoms with Gasteiger partial charge in [-0.15, -0.1) is 0 Å². The largest absolute Gasteiger partial charge is 0.481 e. The monoisotopic (exact) mass is 565 g/mol. The van der Waals surface area contributed by atoms with E-state index < -0.39 is 5.97 Å². The first-order valence-corrected chi connectivity index (χ1v) is 17.7. The summed E-state index contributed by atoms with van der Waals surface area (Å²) < 4.78 is 5.42. The minimum absolute atomic E-state index is 0.00497. The number of allylic oxidation sites excluding steroid dienone is 2. The number of aliphatic carboxylic acids is 1. The number of unbranched alkanes of at least 4 members (excludes halogenated alkanes) is 25. The van der Waals surface area contributed by atoms with Crippen molar-refractivity contribution in [3.8, 4) is 0 Å². The smallest absolute Gasteiger partial charge is 0.305 e. The molecule has 0 unspecified atom stereocenters. The number of ether oxygens (including phenoxy) is 1. The van der Waals surface area contributed by atoms with Gasteiger partial charge in [-0.25, -0.2) is 0 Å². The lowest BCUT2D eigenvalue weighted by atomic mass is 10.0. The minimum Gasteiger partial charge on any atom is -0.481 e. The van der Waals surface area contributed by atoms with Gasteiger partial charge in [0.25, 0.3) is 0 Å². The molecule has 0 aromatic heterocycles. The summed E-state index contributed by atoms with van der Waals surface area (Å²) in [6.07, 6.45) is 40.7. The van der Waals surface area contributed by atoms with Crippen molar-refractivity contribution in [3.05, 3.63) is 12.2 Å². The van der Waals surface area contributed by atoms with Gasteiger partial charge >= 0.3 is 11.9 Å². The Morgan fingerprint density at radius 1 is 0.475 bits per heavy atom. The molecule has 0 radical (unpaired) electrons. The Morgan fingerprint density at radius 3 is 1.25 bits per heavy atom. The van der Waals surface area contributed by atoms with Gasteiger partial charge in [-0.1, -0.05) is 154 Å². The van der Waals surface area contributed by atoms with E-state index >= 15 is 0 Å². The lowest BCUT2D eigenvalue weighted by molar-refractivity contribution is -0.144. The Hall–Kier alpha value is -1.32. The fourth-order valence-electron chi connectivity index (χ4n) is 5.27. The summed E-state index contributed by atoms with van der Waals surface area (Å²) in [5.74, 6) is -0.674. The highest BCUT2D eigenvalue weighted by atomic mass is 16.5. The molecule has 4 heteroatoms. The van der Waals surface area contributed by atoms with E-state index in [1.54, 1.807) is 0 Å². The third-order valence-electron chi connectivity index (χ3n) is 7.94. The first-order chi connectivity index (χ1) is 19.7. The molecule has 0 fully saturated rings. The zero-order valence-electron chi connectivity index (χ0n) is 26.7. The molecule has 0 spiro atoms. The molecule has 0 aliphatic heterocycles. The molecular formula is C36H68O4. The number of esters is 1. The molecular weight excluding hydrogens is 496 g/mol. The lowest BCUT2D eigenvalue weighted by Gasteiger charge is -2.05. The van der Waals surface area contributed by atoms with Crippen LogP contribution in [-0.4, -0.2) is 23.7 Å². The molecule has 0 atom stereocenters. The van der Waals surface area contributed by atoms with Crippen molar-refractivity contribution >= 4 is 11.9 Å².